The molecule has 2 fully saturated rings. The number of hydrazone groups is 1. The van der Waals surface area contributed by atoms with Crippen LogP contribution in [-0.2, 0) is 0 Å². The van der Waals surface area contributed by atoms with Crippen LogP contribution in [0.3, 0.4) is 0 Å². The standard InChI is InChI=1S/C16H20N2O2/c1-10(14-9-11-6-7-12(14)8-11)17-18-16(20)13-4-2-3-5-15(13)19/h2-5,11-12,14,19H,6-9H2,1H3,(H,18,20)/b17-10-/t11-,12+,14-/m0/s1. The van der Waals surface area contributed by atoms with Gasteiger partial charge in [-0.1, -0.05) is 18.6 Å². The van der Waals surface area contributed by atoms with Gasteiger partial charge in [0.2, 0.25) is 0 Å². The molecule has 4 heteroatoms. The SMILES string of the molecule is C/C(=N/NC(=O)c1ccccc1O)[C@@H]1C[C@H]2CC[C@@H]1C2. The Bertz CT molecular complexity index is 553. The van der Waals surface area contributed by atoms with E-state index >= 15 is 0 Å². The fraction of sp³-hybridized carbons (Fsp3) is 0.500. The normalized spacial score (nSPS) is 28.6. The number of aromatic hydroxyl groups is 1. The minimum atomic E-state index is -0.356. The van der Waals surface area contributed by atoms with Crippen molar-refractivity contribution in [1.29, 1.82) is 0 Å². The number of phenolic OH excluding ortho intramolecular Hbond substituents is 1. The van der Waals surface area contributed by atoms with Crippen LogP contribution < -0.4 is 5.43 Å². The number of fused-ring (bicyclic) bond motifs is 2. The molecule has 0 aliphatic heterocycles. The minimum Gasteiger partial charge on any atom is -0.507 e. The fourth-order valence-corrected chi connectivity index (χ4v) is 3.70. The second kappa shape index (κ2) is 5.27. The predicted octanol–water partition coefficient (Wildman–Crippen LogP) is 2.93. The highest BCUT2D eigenvalue weighted by Crippen LogP contribution is 2.48. The van der Waals surface area contributed by atoms with E-state index in [9.17, 15) is 9.90 Å². The fourth-order valence-electron chi connectivity index (χ4n) is 3.70. The lowest BCUT2D eigenvalue weighted by Crippen LogP contribution is -2.24. The minimum absolute atomic E-state index is 0.0159. The summed E-state index contributed by atoms with van der Waals surface area (Å²) in [6.07, 6.45) is 5.20. The highest BCUT2D eigenvalue weighted by molar-refractivity contribution is 5.97. The number of benzene rings is 1. The molecule has 1 aromatic rings. The lowest BCUT2D eigenvalue weighted by Gasteiger charge is -2.21. The average molecular weight is 272 g/mol. The van der Waals surface area contributed by atoms with Crippen molar-refractivity contribution in [1.82, 2.24) is 5.43 Å². The van der Waals surface area contributed by atoms with Gasteiger partial charge in [0.05, 0.1) is 5.56 Å². The van der Waals surface area contributed by atoms with Crippen molar-refractivity contribution in [3.8, 4) is 5.75 Å². The predicted molar refractivity (Wildman–Crippen MR) is 77.6 cm³/mol. The van der Waals surface area contributed by atoms with E-state index in [1.54, 1.807) is 18.2 Å². The van der Waals surface area contributed by atoms with Crippen LogP contribution >= 0.6 is 0 Å². The zero-order valence-corrected chi connectivity index (χ0v) is 11.7. The van der Waals surface area contributed by atoms with E-state index in [1.807, 2.05) is 6.92 Å². The van der Waals surface area contributed by atoms with E-state index in [0.717, 1.165) is 17.5 Å². The maximum atomic E-state index is 12.0. The highest BCUT2D eigenvalue weighted by Gasteiger charge is 2.40. The van der Waals surface area contributed by atoms with Gasteiger partial charge in [0.25, 0.3) is 5.91 Å². The summed E-state index contributed by atoms with van der Waals surface area (Å²) in [6.45, 7) is 2.00. The van der Waals surface area contributed by atoms with Crippen LogP contribution in [0.25, 0.3) is 0 Å². The van der Waals surface area contributed by atoms with E-state index in [2.05, 4.69) is 10.5 Å². The molecule has 1 amide bonds. The van der Waals surface area contributed by atoms with Crippen molar-refractivity contribution in [2.24, 2.45) is 22.9 Å². The van der Waals surface area contributed by atoms with Crippen LogP contribution in [0, 0.1) is 17.8 Å². The molecule has 2 N–H and O–H groups in total. The largest absolute Gasteiger partial charge is 0.507 e. The summed E-state index contributed by atoms with van der Waals surface area (Å²) in [5.41, 5.74) is 3.84. The molecule has 4 nitrogen and oxygen atoms in total. The summed E-state index contributed by atoms with van der Waals surface area (Å²) in [5.74, 6) is 1.77. The molecule has 0 unspecified atom stereocenters. The number of carbonyl (C=O) groups excluding carboxylic acids is 1. The average Bonchev–Trinajstić information content (AvgIpc) is 3.07. The Balaban J connectivity index is 1.65. The van der Waals surface area contributed by atoms with Crippen molar-refractivity contribution in [3.05, 3.63) is 29.8 Å². The van der Waals surface area contributed by atoms with Gasteiger partial charge in [-0.2, -0.15) is 5.10 Å². The van der Waals surface area contributed by atoms with Crippen molar-refractivity contribution >= 4 is 11.6 Å². The number of hydrogen-bond donors (Lipinski definition) is 2. The number of nitrogens with zero attached hydrogens (tertiary/aromatic N) is 1. The first-order chi connectivity index (χ1) is 9.65. The number of carbonyl (C=O) groups is 1. The Hall–Kier alpha value is -1.84. The van der Waals surface area contributed by atoms with Crippen LogP contribution in [0.15, 0.2) is 29.4 Å². The summed E-state index contributed by atoms with van der Waals surface area (Å²) >= 11 is 0. The first-order valence-corrected chi connectivity index (χ1v) is 7.27. The number of hydrogen-bond acceptors (Lipinski definition) is 3. The van der Waals surface area contributed by atoms with Crippen molar-refractivity contribution in [2.45, 2.75) is 32.6 Å². The van der Waals surface area contributed by atoms with Gasteiger partial charge in [-0.05, 0) is 50.2 Å². The third-order valence-electron chi connectivity index (χ3n) is 4.76. The summed E-state index contributed by atoms with van der Waals surface area (Å²) in [4.78, 5) is 12.0. The molecule has 2 aliphatic carbocycles. The van der Waals surface area contributed by atoms with Gasteiger partial charge in [-0.3, -0.25) is 4.79 Å². The third kappa shape index (κ3) is 2.42. The van der Waals surface area contributed by atoms with Crippen LogP contribution in [-0.4, -0.2) is 16.7 Å². The summed E-state index contributed by atoms with van der Waals surface area (Å²) in [7, 11) is 0. The number of rotatable bonds is 3. The van der Waals surface area contributed by atoms with E-state index in [4.69, 9.17) is 0 Å². The van der Waals surface area contributed by atoms with Crippen molar-refractivity contribution in [2.75, 3.05) is 0 Å². The lowest BCUT2D eigenvalue weighted by atomic mass is 9.86. The molecule has 2 aliphatic rings. The molecule has 2 saturated carbocycles. The third-order valence-corrected chi connectivity index (χ3v) is 4.76. The molecule has 3 atom stereocenters. The van der Waals surface area contributed by atoms with Crippen molar-refractivity contribution in [3.63, 3.8) is 0 Å². The van der Waals surface area contributed by atoms with Crippen LogP contribution in [0.2, 0.25) is 0 Å². The van der Waals surface area contributed by atoms with Crippen LogP contribution in [0.5, 0.6) is 5.75 Å². The molecule has 0 aromatic heterocycles. The molecular formula is C16H20N2O2. The Morgan fingerprint density at radius 3 is 2.75 bits per heavy atom. The molecule has 2 bridgehead atoms. The van der Waals surface area contributed by atoms with E-state index in [1.165, 1.54) is 31.7 Å². The Morgan fingerprint density at radius 2 is 2.10 bits per heavy atom. The second-order valence-electron chi connectivity index (χ2n) is 5.99. The first-order valence-electron chi connectivity index (χ1n) is 7.27. The topological polar surface area (TPSA) is 61.7 Å². The number of nitrogens with one attached hydrogen (secondary N) is 1. The summed E-state index contributed by atoms with van der Waals surface area (Å²) in [5, 5.41) is 13.9. The lowest BCUT2D eigenvalue weighted by molar-refractivity contribution is 0.0952. The van der Waals surface area contributed by atoms with Gasteiger partial charge in [-0.15, -0.1) is 0 Å². The zero-order chi connectivity index (χ0) is 14.1. The monoisotopic (exact) mass is 272 g/mol. The van der Waals surface area contributed by atoms with E-state index in [0.29, 0.717) is 5.92 Å². The molecule has 106 valence electrons. The molecule has 1 aromatic carbocycles. The van der Waals surface area contributed by atoms with Crippen LogP contribution in [0.4, 0.5) is 0 Å². The molecule has 0 radical (unpaired) electrons. The zero-order valence-electron chi connectivity index (χ0n) is 11.7. The van der Waals surface area contributed by atoms with Gasteiger partial charge < -0.3 is 5.11 Å². The number of amides is 1. The smallest absolute Gasteiger partial charge is 0.275 e. The molecule has 0 heterocycles. The quantitative estimate of drug-likeness (QED) is 0.656. The molecular weight excluding hydrogens is 252 g/mol. The van der Waals surface area contributed by atoms with Crippen LogP contribution in [0.1, 0.15) is 43.0 Å². The number of para-hydroxylation sites is 1. The van der Waals surface area contributed by atoms with Gasteiger partial charge in [-0.25, -0.2) is 5.43 Å². The Morgan fingerprint density at radius 1 is 1.30 bits per heavy atom. The maximum absolute atomic E-state index is 12.0. The Kier molecular flexibility index (Phi) is 3.47. The van der Waals surface area contributed by atoms with Gasteiger partial charge in [0, 0.05) is 11.6 Å². The molecule has 0 saturated heterocycles. The van der Waals surface area contributed by atoms with E-state index in [-0.39, 0.29) is 17.2 Å². The van der Waals surface area contributed by atoms with Gasteiger partial charge in [0.15, 0.2) is 0 Å². The molecule has 3 rings (SSSR count). The summed E-state index contributed by atoms with van der Waals surface area (Å²) < 4.78 is 0. The highest BCUT2D eigenvalue weighted by atomic mass is 16.3. The number of phenols is 1. The second-order valence-corrected chi connectivity index (χ2v) is 5.99. The Labute approximate surface area is 118 Å². The van der Waals surface area contributed by atoms with Crippen molar-refractivity contribution < 1.29 is 9.90 Å². The first kappa shape index (κ1) is 13.2. The summed E-state index contributed by atoms with van der Waals surface area (Å²) in [6, 6.07) is 6.51. The van der Waals surface area contributed by atoms with E-state index < -0.39 is 0 Å². The maximum Gasteiger partial charge on any atom is 0.275 e. The molecule has 20 heavy (non-hydrogen) atoms. The van der Waals surface area contributed by atoms with Gasteiger partial charge >= 0.3 is 0 Å². The molecule has 0 spiro atoms. The van der Waals surface area contributed by atoms with Gasteiger partial charge in [0.1, 0.15) is 5.75 Å².